The zero-order valence-corrected chi connectivity index (χ0v) is 26.0. The molecule has 11 nitrogen and oxygen atoms in total. The van der Waals surface area contributed by atoms with Crippen molar-refractivity contribution in [1.29, 1.82) is 0 Å². The van der Waals surface area contributed by atoms with Crippen LogP contribution in [0.2, 0.25) is 0 Å². The number of nitrogens with one attached hydrogen (secondary N) is 2. The monoisotopic (exact) mass is 616 g/mol. The molecule has 0 spiro atoms. The van der Waals surface area contributed by atoms with Crippen molar-refractivity contribution in [3.05, 3.63) is 54.1 Å². The van der Waals surface area contributed by atoms with E-state index in [-0.39, 0.29) is 36.2 Å². The lowest BCUT2D eigenvalue weighted by Crippen LogP contribution is -2.57. The molecule has 1 fully saturated rings. The lowest BCUT2D eigenvalue weighted by atomic mass is 9.96. The largest absolute Gasteiger partial charge is 0.486 e. The molecule has 4 rings (SSSR count). The first-order chi connectivity index (χ1) is 20.6. The van der Waals surface area contributed by atoms with Gasteiger partial charge >= 0.3 is 0 Å². The number of hydrogen-bond acceptors (Lipinski definition) is 8. The standard InChI is InChI=1S/C31H44N4O7S/c1-4-22(2)30(33-29(37)21-35-14-8-9-15-35)31(38)32-25(18-23-10-6-5-7-11-23)26(36)20-34(3)43(39,40)24-12-13-27-28(19-24)42-17-16-41-27/h5-7,10-13,19,22,25-26,30,36H,4,8-9,14-18,20-21H2,1-3H3,(H,32,38)(H,33,37)/t22?,25-,26+,30-/m0/s1. The molecule has 1 saturated heterocycles. The smallest absolute Gasteiger partial charge is 0.243 e. The fourth-order valence-electron chi connectivity index (χ4n) is 5.34. The number of hydrogen-bond donors (Lipinski definition) is 3. The number of aliphatic hydroxyl groups excluding tert-OH is 1. The first-order valence-corrected chi connectivity index (χ1v) is 16.4. The number of fused-ring (bicyclic) bond motifs is 1. The molecule has 12 heteroatoms. The van der Waals surface area contributed by atoms with E-state index in [1.807, 2.05) is 44.2 Å². The number of amides is 2. The van der Waals surface area contributed by atoms with Gasteiger partial charge in [0, 0.05) is 19.7 Å². The average molecular weight is 617 g/mol. The highest BCUT2D eigenvalue weighted by Gasteiger charge is 2.33. The number of sulfonamides is 1. The first kappa shape index (κ1) is 32.7. The van der Waals surface area contributed by atoms with Crippen molar-refractivity contribution in [3.8, 4) is 11.5 Å². The Hall–Kier alpha value is -3.19. The summed E-state index contributed by atoms with van der Waals surface area (Å²) in [7, 11) is -2.61. The Morgan fingerprint density at radius 3 is 2.37 bits per heavy atom. The molecule has 2 heterocycles. The number of likely N-dealkylation sites (tertiary alicyclic amines) is 1. The zero-order valence-electron chi connectivity index (χ0n) is 25.2. The van der Waals surface area contributed by atoms with Crippen LogP contribution in [0.3, 0.4) is 0 Å². The first-order valence-electron chi connectivity index (χ1n) is 15.0. The van der Waals surface area contributed by atoms with Crippen LogP contribution in [-0.4, -0.2) is 99.2 Å². The van der Waals surface area contributed by atoms with Gasteiger partial charge in [0.1, 0.15) is 19.3 Å². The summed E-state index contributed by atoms with van der Waals surface area (Å²) in [4.78, 5) is 28.6. The van der Waals surface area contributed by atoms with E-state index in [0.717, 1.165) is 35.8 Å². The van der Waals surface area contributed by atoms with Crippen LogP contribution in [-0.2, 0) is 26.0 Å². The molecule has 43 heavy (non-hydrogen) atoms. The number of carbonyl (C=O) groups is 2. The SMILES string of the molecule is CCC(C)[C@H](NC(=O)CN1CCCC1)C(=O)N[C@@H](Cc1ccccc1)[C@H](O)CN(C)S(=O)(=O)c1ccc2c(c1)OCCO2. The molecule has 0 aromatic heterocycles. The molecule has 2 amide bonds. The number of rotatable bonds is 14. The van der Waals surface area contributed by atoms with Crippen molar-refractivity contribution in [3.63, 3.8) is 0 Å². The van der Waals surface area contributed by atoms with Gasteiger partial charge in [-0.15, -0.1) is 0 Å². The van der Waals surface area contributed by atoms with E-state index < -0.39 is 34.1 Å². The molecular weight excluding hydrogens is 572 g/mol. The van der Waals surface area contributed by atoms with Gasteiger partial charge in [-0.05, 0) is 56.0 Å². The Balaban J connectivity index is 1.49. The second kappa shape index (κ2) is 15.0. The van der Waals surface area contributed by atoms with E-state index in [9.17, 15) is 23.1 Å². The summed E-state index contributed by atoms with van der Waals surface area (Å²) in [6.45, 7) is 6.25. The van der Waals surface area contributed by atoms with E-state index >= 15 is 0 Å². The number of ether oxygens (including phenoxy) is 2. The molecule has 2 aliphatic rings. The molecule has 236 valence electrons. The number of nitrogens with zero attached hydrogens (tertiary/aromatic N) is 2. The summed E-state index contributed by atoms with van der Waals surface area (Å²) in [5, 5.41) is 17.2. The molecule has 2 aliphatic heterocycles. The van der Waals surface area contributed by atoms with Crippen LogP contribution in [0.5, 0.6) is 11.5 Å². The van der Waals surface area contributed by atoms with Crippen molar-refractivity contribution in [1.82, 2.24) is 19.8 Å². The summed E-state index contributed by atoms with van der Waals surface area (Å²) < 4.78 is 39.0. The quantitative estimate of drug-likeness (QED) is 0.292. The fourth-order valence-corrected chi connectivity index (χ4v) is 6.55. The number of benzene rings is 2. The third-order valence-corrected chi connectivity index (χ3v) is 9.95. The fraction of sp³-hybridized carbons (Fsp3) is 0.548. The summed E-state index contributed by atoms with van der Waals surface area (Å²) in [5.41, 5.74) is 0.863. The van der Waals surface area contributed by atoms with Gasteiger partial charge in [0.05, 0.1) is 23.6 Å². The maximum absolute atomic E-state index is 13.7. The van der Waals surface area contributed by atoms with Crippen molar-refractivity contribution in [2.24, 2.45) is 5.92 Å². The number of carbonyl (C=O) groups excluding carboxylic acids is 2. The molecule has 0 saturated carbocycles. The van der Waals surface area contributed by atoms with Crippen LogP contribution in [0, 0.1) is 5.92 Å². The predicted molar refractivity (Wildman–Crippen MR) is 162 cm³/mol. The second-order valence-corrected chi connectivity index (χ2v) is 13.4. The van der Waals surface area contributed by atoms with E-state index in [2.05, 4.69) is 15.5 Å². The molecular formula is C31H44N4O7S. The molecule has 0 radical (unpaired) electrons. The minimum atomic E-state index is -4.00. The molecule has 2 aromatic carbocycles. The van der Waals surface area contributed by atoms with Crippen molar-refractivity contribution in [2.75, 3.05) is 46.4 Å². The van der Waals surface area contributed by atoms with E-state index in [4.69, 9.17) is 9.47 Å². The van der Waals surface area contributed by atoms with Crippen LogP contribution in [0.15, 0.2) is 53.4 Å². The topological polar surface area (TPSA) is 138 Å². The lowest BCUT2D eigenvalue weighted by molar-refractivity contribution is -0.131. The van der Waals surface area contributed by atoms with Crippen molar-refractivity contribution >= 4 is 21.8 Å². The second-order valence-electron chi connectivity index (χ2n) is 11.4. The summed E-state index contributed by atoms with van der Waals surface area (Å²) in [6.07, 6.45) is 1.78. The van der Waals surface area contributed by atoms with Gasteiger partial charge in [-0.2, -0.15) is 4.31 Å². The normalized spacial score (nSPS) is 18.1. The minimum absolute atomic E-state index is 0.00708. The van der Waals surface area contributed by atoms with Crippen LogP contribution in [0.1, 0.15) is 38.7 Å². The molecule has 1 unspecified atom stereocenters. The maximum Gasteiger partial charge on any atom is 0.243 e. The molecule has 2 aromatic rings. The Morgan fingerprint density at radius 2 is 1.70 bits per heavy atom. The van der Waals surface area contributed by atoms with Gasteiger partial charge in [0.25, 0.3) is 0 Å². The van der Waals surface area contributed by atoms with Crippen LogP contribution in [0.25, 0.3) is 0 Å². The van der Waals surface area contributed by atoms with Crippen molar-refractivity contribution < 1.29 is 32.6 Å². The zero-order chi connectivity index (χ0) is 31.0. The van der Waals surface area contributed by atoms with Gasteiger partial charge in [0.15, 0.2) is 11.5 Å². The van der Waals surface area contributed by atoms with Gasteiger partial charge in [-0.1, -0.05) is 50.6 Å². The summed E-state index contributed by atoms with van der Waals surface area (Å²) in [6, 6.07) is 12.1. The Labute approximate surface area is 254 Å². The third-order valence-electron chi connectivity index (χ3n) is 8.13. The highest BCUT2D eigenvalue weighted by Crippen LogP contribution is 2.33. The maximum atomic E-state index is 13.7. The predicted octanol–water partition coefficient (Wildman–Crippen LogP) is 1.79. The highest BCUT2D eigenvalue weighted by atomic mass is 32.2. The highest BCUT2D eigenvalue weighted by molar-refractivity contribution is 7.89. The van der Waals surface area contributed by atoms with Crippen LogP contribution < -0.4 is 20.1 Å². The van der Waals surface area contributed by atoms with Gasteiger partial charge in [-0.3, -0.25) is 14.5 Å². The van der Waals surface area contributed by atoms with Gasteiger partial charge < -0.3 is 25.2 Å². The average Bonchev–Trinajstić information content (AvgIpc) is 3.52. The van der Waals surface area contributed by atoms with E-state index in [1.165, 1.54) is 19.2 Å². The Morgan fingerprint density at radius 1 is 1.02 bits per heavy atom. The van der Waals surface area contributed by atoms with E-state index in [0.29, 0.717) is 31.1 Å². The summed E-state index contributed by atoms with van der Waals surface area (Å²) >= 11 is 0. The molecule has 3 N–H and O–H groups in total. The van der Waals surface area contributed by atoms with Crippen LogP contribution >= 0.6 is 0 Å². The lowest BCUT2D eigenvalue weighted by Gasteiger charge is -2.31. The number of likely N-dealkylation sites (N-methyl/N-ethyl adjacent to an activating group) is 1. The Kier molecular flexibility index (Phi) is 11.4. The molecule has 0 bridgehead atoms. The molecule has 4 atom stereocenters. The number of aliphatic hydroxyl groups is 1. The summed E-state index contributed by atoms with van der Waals surface area (Å²) in [5.74, 6) is 0.0322. The van der Waals surface area contributed by atoms with Crippen LogP contribution in [0.4, 0.5) is 0 Å². The third kappa shape index (κ3) is 8.69. The van der Waals surface area contributed by atoms with E-state index in [1.54, 1.807) is 6.07 Å². The van der Waals surface area contributed by atoms with Gasteiger partial charge in [-0.25, -0.2) is 8.42 Å². The Bertz CT molecular complexity index is 1330. The minimum Gasteiger partial charge on any atom is -0.486 e. The van der Waals surface area contributed by atoms with Crippen molar-refractivity contribution in [2.45, 2.75) is 62.6 Å². The molecule has 0 aliphatic carbocycles. The van der Waals surface area contributed by atoms with Gasteiger partial charge in [0.2, 0.25) is 21.8 Å².